The van der Waals surface area contributed by atoms with Crippen molar-refractivity contribution >= 4 is 5.91 Å². The Kier molecular flexibility index (Phi) is 4.64. The van der Waals surface area contributed by atoms with E-state index in [2.05, 4.69) is 15.5 Å². The van der Waals surface area contributed by atoms with Crippen LogP contribution < -0.4 is 10.1 Å². The van der Waals surface area contributed by atoms with E-state index in [1.807, 2.05) is 42.5 Å². The first-order valence-electron chi connectivity index (χ1n) is 8.67. The number of hydrogen-bond donors (Lipinski definition) is 1. The standard InChI is InChI=1S/C20H19N3O3/c24-18(21-12-14-6-7-14)13-25-17-10-8-16(9-11-17)20-22-19(23-26-20)15-4-2-1-3-5-15/h1-5,8-11,14H,6-7,12-13H2,(H,21,24). The second kappa shape index (κ2) is 7.39. The molecule has 1 heterocycles. The number of carbonyl (C=O) groups is 1. The monoisotopic (exact) mass is 349 g/mol. The number of carbonyl (C=O) groups excluding carboxylic acids is 1. The number of aromatic nitrogens is 2. The molecule has 2 aromatic carbocycles. The molecule has 0 aliphatic heterocycles. The van der Waals surface area contributed by atoms with E-state index >= 15 is 0 Å². The van der Waals surface area contributed by atoms with E-state index in [4.69, 9.17) is 9.26 Å². The van der Waals surface area contributed by atoms with Gasteiger partial charge in [-0.25, -0.2) is 0 Å². The fourth-order valence-corrected chi connectivity index (χ4v) is 2.52. The van der Waals surface area contributed by atoms with Gasteiger partial charge in [0, 0.05) is 17.7 Å². The van der Waals surface area contributed by atoms with Crippen molar-refractivity contribution in [2.24, 2.45) is 5.92 Å². The number of nitrogens with zero attached hydrogens (tertiary/aromatic N) is 2. The zero-order chi connectivity index (χ0) is 17.8. The summed E-state index contributed by atoms with van der Waals surface area (Å²) < 4.78 is 10.8. The summed E-state index contributed by atoms with van der Waals surface area (Å²) in [7, 11) is 0. The molecule has 6 nitrogen and oxygen atoms in total. The van der Waals surface area contributed by atoms with Gasteiger partial charge in [-0.2, -0.15) is 4.98 Å². The molecule has 132 valence electrons. The van der Waals surface area contributed by atoms with Gasteiger partial charge >= 0.3 is 0 Å². The van der Waals surface area contributed by atoms with E-state index in [1.165, 1.54) is 12.8 Å². The molecular formula is C20H19N3O3. The fraction of sp³-hybridized carbons (Fsp3) is 0.250. The van der Waals surface area contributed by atoms with E-state index in [0.29, 0.717) is 23.4 Å². The van der Waals surface area contributed by atoms with Crippen molar-refractivity contribution in [2.45, 2.75) is 12.8 Å². The van der Waals surface area contributed by atoms with E-state index in [1.54, 1.807) is 12.1 Å². The molecule has 0 atom stereocenters. The summed E-state index contributed by atoms with van der Waals surface area (Å²) >= 11 is 0. The smallest absolute Gasteiger partial charge is 0.258 e. The van der Waals surface area contributed by atoms with Crippen molar-refractivity contribution in [1.82, 2.24) is 15.5 Å². The lowest BCUT2D eigenvalue weighted by molar-refractivity contribution is -0.123. The minimum atomic E-state index is -0.0922. The van der Waals surface area contributed by atoms with Gasteiger partial charge in [-0.05, 0) is 43.0 Å². The normalized spacial score (nSPS) is 13.4. The van der Waals surface area contributed by atoms with Gasteiger partial charge in [-0.3, -0.25) is 4.79 Å². The molecule has 1 fully saturated rings. The Hall–Kier alpha value is -3.15. The van der Waals surface area contributed by atoms with Crippen LogP contribution in [0.3, 0.4) is 0 Å². The summed E-state index contributed by atoms with van der Waals surface area (Å²) in [5.41, 5.74) is 1.70. The first-order chi connectivity index (χ1) is 12.8. The highest BCUT2D eigenvalue weighted by Gasteiger charge is 2.21. The van der Waals surface area contributed by atoms with Crippen molar-refractivity contribution in [3.8, 4) is 28.6 Å². The molecule has 1 aliphatic carbocycles. The van der Waals surface area contributed by atoms with Gasteiger partial charge in [0.1, 0.15) is 5.75 Å². The van der Waals surface area contributed by atoms with Crippen LogP contribution in [0.25, 0.3) is 22.8 Å². The third-order valence-corrected chi connectivity index (χ3v) is 4.21. The molecule has 1 aromatic heterocycles. The predicted octanol–water partition coefficient (Wildman–Crippen LogP) is 3.31. The number of amides is 1. The van der Waals surface area contributed by atoms with Crippen LogP contribution in [0.5, 0.6) is 5.75 Å². The summed E-state index contributed by atoms with van der Waals surface area (Å²) in [6.07, 6.45) is 2.43. The van der Waals surface area contributed by atoms with Crippen molar-refractivity contribution in [1.29, 1.82) is 0 Å². The predicted molar refractivity (Wildman–Crippen MR) is 96.4 cm³/mol. The minimum absolute atomic E-state index is 0.0186. The number of ether oxygens (including phenoxy) is 1. The summed E-state index contributed by atoms with van der Waals surface area (Å²) in [5.74, 6) is 2.18. The highest BCUT2D eigenvalue weighted by molar-refractivity contribution is 5.77. The Morgan fingerprint density at radius 2 is 1.85 bits per heavy atom. The van der Waals surface area contributed by atoms with Crippen LogP contribution in [0.1, 0.15) is 12.8 Å². The van der Waals surface area contributed by atoms with Crippen LogP contribution in [0.4, 0.5) is 0 Å². The molecule has 1 amide bonds. The maximum absolute atomic E-state index is 11.7. The Morgan fingerprint density at radius 1 is 1.08 bits per heavy atom. The van der Waals surface area contributed by atoms with Crippen molar-refractivity contribution < 1.29 is 14.1 Å². The zero-order valence-corrected chi connectivity index (χ0v) is 14.2. The van der Waals surface area contributed by atoms with E-state index in [0.717, 1.165) is 17.7 Å². The Bertz CT molecular complexity index is 871. The van der Waals surface area contributed by atoms with Crippen LogP contribution >= 0.6 is 0 Å². The van der Waals surface area contributed by atoms with Crippen LogP contribution in [0.2, 0.25) is 0 Å². The number of benzene rings is 2. The quantitative estimate of drug-likeness (QED) is 0.708. The third kappa shape index (κ3) is 4.08. The third-order valence-electron chi connectivity index (χ3n) is 4.21. The first kappa shape index (κ1) is 16.3. The van der Waals surface area contributed by atoms with Gasteiger partial charge in [-0.1, -0.05) is 35.5 Å². The van der Waals surface area contributed by atoms with Gasteiger partial charge in [0.2, 0.25) is 5.82 Å². The summed E-state index contributed by atoms with van der Waals surface area (Å²) in [5, 5.41) is 6.89. The van der Waals surface area contributed by atoms with Crippen LogP contribution in [-0.2, 0) is 4.79 Å². The molecule has 1 saturated carbocycles. The molecule has 0 saturated heterocycles. The minimum Gasteiger partial charge on any atom is -0.484 e. The topological polar surface area (TPSA) is 77.2 Å². The van der Waals surface area contributed by atoms with Gasteiger partial charge in [-0.15, -0.1) is 0 Å². The average Bonchev–Trinajstić information content (AvgIpc) is 3.40. The molecule has 0 unspecified atom stereocenters. The molecular weight excluding hydrogens is 330 g/mol. The van der Waals surface area contributed by atoms with Crippen molar-refractivity contribution in [3.05, 3.63) is 54.6 Å². The van der Waals surface area contributed by atoms with Gasteiger partial charge in [0.05, 0.1) is 0 Å². The molecule has 0 radical (unpaired) electrons. The number of nitrogens with one attached hydrogen (secondary N) is 1. The molecule has 0 bridgehead atoms. The fourth-order valence-electron chi connectivity index (χ4n) is 2.52. The highest BCUT2D eigenvalue weighted by atomic mass is 16.5. The Labute approximate surface area is 151 Å². The van der Waals surface area contributed by atoms with Gasteiger partial charge in [0.25, 0.3) is 11.8 Å². The Balaban J connectivity index is 1.35. The molecule has 4 rings (SSSR count). The highest BCUT2D eigenvalue weighted by Crippen LogP contribution is 2.27. The van der Waals surface area contributed by atoms with E-state index < -0.39 is 0 Å². The lowest BCUT2D eigenvalue weighted by atomic mass is 10.2. The maximum atomic E-state index is 11.7. The Morgan fingerprint density at radius 3 is 2.58 bits per heavy atom. The second-order valence-corrected chi connectivity index (χ2v) is 6.35. The molecule has 3 aromatic rings. The largest absolute Gasteiger partial charge is 0.484 e. The SMILES string of the molecule is O=C(COc1ccc(-c2nc(-c3ccccc3)no2)cc1)NCC1CC1. The number of rotatable bonds is 7. The molecule has 1 aliphatic rings. The van der Waals surface area contributed by atoms with Gasteiger partial charge < -0.3 is 14.6 Å². The van der Waals surface area contributed by atoms with Crippen LogP contribution in [0, 0.1) is 5.92 Å². The van der Waals surface area contributed by atoms with Gasteiger partial charge in [0.15, 0.2) is 6.61 Å². The van der Waals surface area contributed by atoms with E-state index in [9.17, 15) is 4.79 Å². The summed E-state index contributed by atoms with van der Waals surface area (Å²) in [6, 6.07) is 16.9. The molecule has 0 spiro atoms. The van der Waals surface area contributed by atoms with Crippen molar-refractivity contribution in [2.75, 3.05) is 13.2 Å². The number of hydrogen-bond acceptors (Lipinski definition) is 5. The second-order valence-electron chi connectivity index (χ2n) is 6.35. The average molecular weight is 349 g/mol. The maximum Gasteiger partial charge on any atom is 0.258 e. The lowest BCUT2D eigenvalue weighted by Gasteiger charge is -2.07. The molecule has 6 heteroatoms. The zero-order valence-electron chi connectivity index (χ0n) is 14.2. The first-order valence-corrected chi connectivity index (χ1v) is 8.67. The summed E-state index contributed by atoms with van der Waals surface area (Å²) in [4.78, 5) is 16.1. The summed E-state index contributed by atoms with van der Waals surface area (Å²) in [6.45, 7) is 0.771. The van der Waals surface area contributed by atoms with Crippen LogP contribution in [0.15, 0.2) is 59.1 Å². The van der Waals surface area contributed by atoms with E-state index in [-0.39, 0.29) is 12.5 Å². The van der Waals surface area contributed by atoms with Crippen molar-refractivity contribution in [3.63, 3.8) is 0 Å². The lowest BCUT2D eigenvalue weighted by Crippen LogP contribution is -2.30. The molecule has 26 heavy (non-hydrogen) atoms. The van der Waals surface area contributed by atoms with Crippen LogP contribution in [-0.4, -0.2) is 29.2 Å². The molecule has 1 N–H and O–H groups in total.